The first-order chi connectivity index (χ1) is 9.65. The molecule has 0 unspecified atom stereocenters. The summed E-state index contributed by atoms with van der Waals surface area (Å²) in [4.78, 5) is 18.0. The van der Waals surface area contributed by atoms with Gasteiger partial charge in [-0.2, -0.15) is 4.98 Å². The van der Waals surface area contributed by atoms with E-state index >= 15 is 0 Å². The van der Waals surface area contributed by atoms with Gasteiger partial charge in [0.15, 0.2) is 5.82 Å². The molecule has 106 valence electrons. The van der Waals surface area contributed by atoms with Crippen molar-refractivity contribution >= 4 is 17.2 Å². The maximum Gasteiger partial charge on any atom is 0.268 e. The molecule has 0 aliphatic heterocycles. The zero-order chi connectivity index (χ0) is 14.1. The second-order valence-electron chi connectivity index (χ2n) is 5.27. The SMILES string of the molecule is CNC(=O)Cc1noc(-c2cc3c(s2)CC[C@@H](C)C3)n1. The highest BCUT2D eigenvalue weighted by molar-refractivity contribution is 7.15. The molecule has 2 aromatic heterocycles. The van der Waals surface area contributed by atoms with Crippen LogP contribution >= 0.6 is 11.3 Å². The van der Waals surface area contributed by atoms with Crippen LogP contribution in [-0.4, -0.2) is 23.1 Å². The molecular weight excluding hydrogens is 274 g/mol. The number of nitrogens with zero attached hydrogens (tertiary/aromatic N) is 2. The summed E-state index contributed by atoms with van der Waals surface area (Å²) >= 11 is 1.73. The molecule has 0 radical (unpaired) electrons. The van der Waals surface area contributed by atoms with E-state index in [1.807, 2.05) is 0 Å². The molecule has 2 heterocycles. The summed E-state index contributed by atoms with van der Waals surface area (Å²) in [6.45, 7) is 2.29. The van der Waals surface area contributed by atoms with Crippen LogP contribution in [0, 0.1) is 5.92 Å². The van der Waals surface area contributed by atoms with Gasteiger partial charge in [-0.15, -0.1) is 11.3 Å². The molecule has 3 rings (SSSR count). The number of fused-ring (bicyclic) bond motifs is 1. The fourth-order valence-electron chi connectivity index (χ4n) is 2.47. The predicted molar refractivity (Wildman–Crippen MR) is 76.6 cm³/mol. The van der Waals surface area contributed by atoms with Crippen LogP contribution in [0.1, 0.15) is 29.6 Å². The van der Waals surface area contributed by atoms with E-state index < -0.39 is 0 Å². The molecule has 1 aliphatic carbocycles. The second kappa shape index (κ2) is 5.36. The number of amides is 1. The van der Waals surface area contributed by atoms with Crippen molar-refractivity contribution in [3.63, 3.8) is 0 Å². The average Bonchev–Trinajstić information content (AvgIpc) is 3.04. The minimum absolute atomic E-state index is 0.114. The van der Waals surface area contributed by atoms with Crippen molar-refractivity contribution in [2.24, 2.45) is 5.92 Å². The largest absolute Gasteiger partial charge is 0.359 e. The highest BCUT2D eigenvalue weighted by Crippen LogP contribution is 2.36. The Morgan fingerprint density at radius 1 is 1.60 bits per heavy atom. The van der Waals surface area contributed by atoms with E-state index in [4.69, 9.17) is 4.52 Å². The van der Waals surface area contributed by atoms with Gasteiger partial charge < -0.3 is 9.84 Å². The molecular formula is C14H17N3O2S. The number of aromatic nitrogens is 2. The summed E-state index contributed by atoms with van der Waals surface area (Å²) in [7, 11) is 1.60. The van der Waals surface area contributed by atoms with Crippen LogP contribution in [0.3, 0.4) is 0 Å². The van der Waals surface area contributed by atoms with Crippen molar-refractivity contribution in [2.75, 3.05) is 7.05 Å². The normalized spacial score (nSPS) is 17.8. The van der Waals surface area contributed by atoms with Crippen LogP contribution in [-0.2, 0) is 24.1 Å². The third-order valence-electron chi connectivity index (χ3n) is 3.61. The van der Waals surface area contributed by atoms with Gasteiger partial charge in [-0.25, -0.2) is 0 Å². The molecule has 1 aliphatic rings. The zero-order valence-electron chi connectivity index (χ0n) is 11.6. The molecule has 2 aromatic rings. The zero-order valence-corrected chi connectivity index (χ0v) is 12.4. The van der Waals surface area contributed by atoms with Crippen LogP contribution in [0.2, 0.25) is 0 Å². The Hall–Kier alpha value is -1.69. The molecule has 0 spiro atoms. The fraction of sp³-hybridized carbons (Fsp3) is 0.500. The van der Waals surface area contributed by atoms with E-state index in [1.54, 1.807) is 18.4 Å². The van der Waals surface area contributed by atoms with Gasteiger partial charge in [-0.05, 0) is 36.8 Å². The maximum atomic E-state index is 11.3. The van der Waals surface area contributed by atoms with E-state index in [0.717, 1.165) is 23.6 Å². The Labute approximate surface area is 121 Å². The van der Waals surface area contributed by atoms with Crippen molar-refractivity contribution in [3.05, 3.63) is 22.3 Å². The average molecular weight is 291 g/mol. The van der Waals surface area contributed by atoms with Gasteiger partial charge in [0.05, 0.1) is 11.3 Å². The molecule has 0 aromatic carbocycles. The molecule has 1 amide bonds. The monoisotopic (exact) mass is 291 g/mol. The van der Waals surface area contributed by atoms with E-state index in [0.29, 0.717) is 11.7 Å². The standard InChI is InChI=1S/C14H17N3O2S/c1-8-3-4-10-9(5-8)6-11(20-10)14-16-12(17-19-14)7-13(18)15-2/h6,8H,3-5,7H2,1-2H3,(H,15,18)/t8-/m1/s1. The maximum absolute atomic E-state index is 11.3. The first-order valence-corrected chi connectivity index (χ1v) is 7.62. The number of carbonyl (C=O) groups excluding carboxylic acids is 1. The number of hydrogen-bond donors (Lipinski definition) is 1. The Bertz CT molecular complexity index is 632. The Morgan fingerprint density at radius 2 is 2.45 bits per heavy atom. The first-order valence-electron chi connectivity index (χ1n) is 6.81. The van der Waals surface area contributed by atoms with Crippen molar-refractivity contribution in [1.82, 2.24) is 15.5 Å². The Kier molecular flexibility index (Phi) is 3.56. The number of rotatable bonds is 3. The third-order valence-corrected chi connectivity index (χ3v) is 4.83. The van der Waals surface area contributed by atoms with Crippen molar-refractivity contribution in [2.45, 2.75) is 32.6 Å². The summed E-state index contributed by atoms with van der Waals surface area (Å²) in [5, 5.41) is 6.41. The third kappa shape index (κ3) is 2.60. The summed E-state index contributed by atoms with van der Waals surface area (Å²) in [6.07, 6.45) is 3.67. The summed E-state index contributed by atoms with van der Waals surface area (Å²) in [5.74, 6) is 1.59. The van der Waals surface area contributed by atoms with Gasteiger partial charge in [0.1, 0.15) is 0 Å². The lowest BCUT2D eigenvalue weighted by atomic mass is 9.90. The lowest BCUT2D eigenvalue weighted by Crippen LogP contribution is -2.20. The molecule has 1 atom stereocenters. The van der Waals surface area contributed by atoms with Gasteiger partial charge in [0.2, 0.25) is 5.91 Å². The van der Waals surface area contributed by atoms with Crippen LogP contribution in [0.15, 0.2) is 10.6 Å². The molecule has 1 N–H and O–H groups in total. The summed E-state index contributed by atoms with van der Waals surface area (Å²) < 4.78 is 5.27. The Morgan fingerprint density at radius 3 is 3.25 bits per heavy atom. The minimum Gasteiger partial charge on any atom is -0.359 e. The van der Waals surface area contributed by atoms with Crippen molar-refractivity contribution in [1.29, 1.82) is 0 Å². The van der Waals surface area contributed by atoms with E-state index in [9.17, 15) is 4.79 Å². The van der Waals surface area contributed by atoms with Gasteiger partial charge in [-0.1, -0.05) is 12.1 Å². The first kappa shape index (κ1) is 13.3. The summed E-state index contributed by atoms with van der Waals surface area (Å²) in [5.41, 5.74) is 1.41. The number of hydrogen-bond acceptors (Lipinski definition) is 5. The van der Waals surface area contributed by atoms with Crippen LogP contribution in [0.5, 0.6) is 0 Å². The minimum atomic E-state index is -0.114. The molecule has 0 saturated heterocycles. The van der Waals surface area contributed by atoms with E-state index in [1.165, 1.54) is 16.9 Å². The number of nitrogens with one attached hydrogen (secondary N) is 1. The quantitative estimate of drug-likeness (QED) is 0.941. The van der Waals surface area contributed by atoms with Gasteiger partial charge in [0.25, 0.3) is 5.89 Å². The van der Waals surface area contributed by atoms with Gasteiger partial charge in [0, 0.05) is 11.9 Å². The molecule has 6 heteroatoms. The number of carbonyl (C=O) groups is 1. The van der Waals surface area contributed by atoms with E-state index in [-0.39, 0.29) is 12.3 Å². The van der Waals surface area contributed by atoms with Crippen molar-refractivity contribution in [3.8, 4) is 10.8 Å². The Balaban J connectivity index is 1.81. The highest BCUT2D eigenvalue weighted by atomic mass is 32.1. The number of thiophene rings is 1. The smallest absolute Gasteiger partial charge is 0.268 e. The molecule has 5 nitrogen and oxygen atoms in total. The van der Waals surface area contributed by atoms with Crippen molar-refractivity contribution < 1.29 is 9.32 Å². The lowest BCUT2D eigenvalue weighted by Gasteiger charge is -2.16. The van der Waals surface area contributed by atoms with Crippen LogP contribution in [0.25, 0.3) is 10.8 Å². The predicted octanol–water partition coefficient (Wildman–Crippen LogP) is 2.21. The number of aryl methyl sites for hydroxylation is 1. The molecule has 0 bridgehead atoms. The van der Waals surface area contributed by atoms with Crippen LogP contribution < -0.4 is 5.32 Å². The van der Waals surface area contributed by atoms with Crippen LogP contribution in [0.4, 0.5) is 0 Å². The fourth-order valence-corrected chi connectivity index (χ4v) is 3.60. The lowest BCUT2D eigenvalue weighted by molar-refractivity contribution is -0.120. The van der Waals surface area contributed by atoms with E-state index in [2.05, 4.69) is 28.4 Å². The summed E-state index contributed by atoms with van der Waals surface area (Å²) in [6, 6.07) is 2.16. The van der Waals surface area contributed by atoms with Gasteiger partial charge in [-0.3, -0.25) is 4.79 Å². The van der Waals surface area contributed by atoms with Gasteiger partial charge >= 0.3 is 0 Å². The molecule has 0 fully saturated rings. The number of likely N-dealkylation sites (N-methyl/N-ethyl adjacent to an activating group) is 1. The highest BCUT2D eigenvalue weighted by Gasteiger charge is 2.21. The molecule has 0 saturated carbocycles. The topological polar surface area (TPSA) is 68.0 Å². The second-order valence-corrected chi connectivity index (χ2v) is 6.41. The molecule has 20 heavy (non-hydrogen) atoms.